The van der Waals surface area contributed by atoms with Crippen LogP contribution in [0, 0.1) is 17.8 Å². The number of unbranched alkanes of at least 4 members (excludes halogenated alkanes) is 3. The third-order valence-corrected chi connectivity index (χ3v) is 6.74. The molecule has 0 spiro atoms. The minimum atomic E-state index is 0.565. The summed E-state index contributed by atoms with van der Waals surface area (Å²) >= 11 is 0. The van der Waals surface area contributed by atoms with E-state index in [1.54, 1.807) is 0 Å². The average Bonchev–Trinajstić information content (AvgIpc) is 2.68. The highest BCUT2D eigenvalue weighted by Crippen LogP contribution is 2.42. The second-order valence-corrected chi connectivity index (χ2v) is 8.95. The van der Waals surface area contributed by atoms with Crippen LogP contribution in [0.5, 0.6) is 0 Å². The zero-order valence-corrected chi connectivity index (χ0v) is 19.1. The fraction of sp³-hybridized carbons (Fsp3) is 0.704. The molecule has 1 fully saturated rings. The van der Waals surface area contributed by atoms with Crippen LogP contribution in [0.25, 0.3) is 0 Å². The van der Waals surface area contributed by atoms with Gasteiger partial charge in [-0.3, -0.25) is 0 Å². The first-order valence-corrected chi connectivity index (χ1v) is 11.6. The molecule has 0 N–H and O–H groups in total. The van der Waals surface area contributed by atoms with Crippen molar-refractivity contribution in [2.24, 2.45) is 17.8 Å². The molecule has 0 unspecified atom stereocenters. The van der Waals surface area contributed by atoms with Gasteiger partial charge in [-0.2, -0.15) is 0 Å². The lowest BCUT2D eigenvalue weighted by molar-refractivity contribution is 0.213. The van der Waals surface area contributed by atoms with Gasteiger partial charge in [-0.1, -0.05) is 101 Å². The summed E-state index contributed by atoms with van der Waals surface area (Å²) in [7, 11) is 0. The molecule has 1 saturated carbocycles. The molecular weight excluding hydrogens is 324 g/mol. The number of hydrogen-bond donors (Lipinski definition) is 0. The van der Waals surface area contributed by atoms with Gasteiger partial charge in [-0.05, 0) is 69.8 Å². The molecule has 0 nitrogen and oxygen atoms in total. The summed E-state index contributed by atoms with van der Waals surface area (Å²) in [5.74, 6) is 2.32. The van der Waals surface area contributed by atoms with E-state index in [1.807, 2.05) is 0 Å². The van der Waals surface area contributed by atoms with Crippen molar-refractivity contribution in [3.63, 3.8) is 0 Å². The predicted octanol–water partition coefficient (Wildman–Crippen LogP) is 9.20. The van der Waals surface area contributed by atoms with E-state index in [-0.39, 0.29) is 0 Å². The van der Waals surface area contributed by atoms with Crippen LogP contribution in [0.15, 0.2) is 47.6 Å². The Labute approximate surface area is 170 Å². The summed E-state index contributed by atoms with van der Waals surface area (Å²) < 4.78 is 0. The summed E-state index contributed by atoms with van der Waals surface area (Å²) in [4.78, 5) is 0. The Morgan fingerprint density at radius 3 is 2.19 bits per heavy atom. The lowest BCUT2D eigenvalue weighted by Gasteiger charge is -2.35. The van der Waals surface area contributed by atoms with Crippen LogP contribution in [-0.4, -0.2) is 0 Å². The molecule has 0 heteroatoms. The van der Waals surface area contributed by atoms with Gasteiger partial charge in [0.15, 0.2) is 0 Å². The second kappa shape index (κ2) is 13.2. The van der Waals surface area contributed by atoms with Gasteiger partial charge in [0.05, 0.1) is 0 Å². The zero-order chi connectivity index (χ0) is 20.2. The molecule has 0 saturated heterocycles. The molecule has 1 rings (SSSR count). The fourth-order valence-electron chi connectivity index (χ4n) is 4.56. The van der Waals surface area contributed by atoms with E-state index in [1.165, 1.54) is 80.1 Å². The van der Waals surface area contributed by atoms with Crippen molar-refractivity contribution in [2.45, 2.75) is 105 Å². The largest absolute Gasteiger partial charge is 0.0958 e. The molecule has 1 aliphatic rings. The molecular formula is C27H46. The molecule has 0 bridgehead atoms. The van der Waals surface area contributed by atoms with Crippen LogP contribution < -0.4 is 0 Å². The highest BCUT2D eigenvalue weighted by Gasteiger charge is 2.29. The minimum absolute atomic E-state index is 0.565. The molecule has 0 aliphatic heterocycles. The predicted molar refractivity (Wildman–Crippen MR) is 124 cm³/mol. The molecule has 27 heavy (non-hydrogen) atoms. The van der Waals surface area contributed by atoms with Crippen LogP contribution in [0.1, 0.15) is 105 Å². The molecule has 0 aromatic carbocycles. The molecule has 1 atom stereocenters. The fourth-order valence-corrected chi connectivity index (χ4v) is 4.56. The maximum absolute atomic E-state index is 4.46. The van der Waals surface area contributed by atoms with Gasteiger partial charge < -0.3 is 0 Å². The van der Waals surface area contributed by atoms with Crippen molar-refractivity contribution in [1.82, 2.24) is 0 Å². The highest BCUT2D eigenvalue weighted by atomic mass is 14.3. The Balaban J connectivity index is 2.71. The van der Waals surface area contributed by atoms with Gasteiger partial charge in [-0.15, -0.1) is 0 Å². The molecule has 0 heterocycles. The Morgan fingerprint density at radius 2 is 1.67 bits per heavy atom. The van der Waals surface area contributed by atoms with Gasteiger partial charge in [0.1, 0.15) is 0 Å². The lowest BCUT2D eigenvalue weighted by atomic mass is 9.70. The maximum atomic E-state index is 4.46. The van der Waals surface area contributed by atoms with Gasteiger partial charge in [-0.25, -0.2) is 0 Å². The number of hydrogen-bond acceptors (Lipinski definition) is 0. The van der Waals surface area contributed by atoms with Crippen molar-refractivity contribution in [3.05, 3.63) is 47.6 Å². The van der Waals surface area contributed by atoms with Crippen LogP contribution in [0.3, 0.4) is 0 Å². The average molecular weight is 371 g/mol. The quantitative estimate of drug-likeness (QED) is 0.237. The van der Waals surface area contributed by atoms with Gasteiger partial charge >= 0.3 is 0 Å². The molecule has 154 valence electrons. The monoisotopic (exact) mass is 370 g/mol. The van der Waals surface area contributed by atoms with Crippen molar-refractivity contribution >= 4 is 0 Å². The number of rotatable bonds is 12. The van der Waals surface area contributed by atoms with Crippen LogP contribution in [0.4, 0.5) is 0 Å². The molecule has 1 aliphatic carbocycles. The number of allylic oxidation sites excluding steroid dienone is 6. The Morgan fingerprint density at radius 1 is 1.00 bits per heavy atom. The van der Waals surface area contributed by atoms with E-state index in [2.05, 4.69) is 59.9 Å². The van der Waals surface area contributed by atoms with E-state index in [0.29, 0.717) is 5.92 Å². The van der Waals surface area contributed by atoms with Crippen LogP contribution in [-0.2, 0) is 0 Å². The summed E-state index contributed by atoms with van der Waals surface area (Å²) in [5, 5.41) is 0. The van der Waals surface area contributed by atoms with Crippen LogP contribution in [0.2, 0.25) is 0 Å². The SMILES string of the molecule is C=C(C)C(=C)[C@@H](CC(/C=C(/C)CC)=C/C)C1CCC(CCCCCC)CC1. The van der Waals surface area contributed by atoms with E-state index < -0.39 is 0 Å². The first-order chi connectivity index (χ1) is 12.9. The van der Waals surface area contributed by atoms with Gasteiger partial charge in [0, 0.05) is 0 Å². The third kappa shape index (κ3) is 8.67. The van der Waals surface area contributed by atoms with Crippen molar-refractivity contribution in [2.75, 3.05) is 0 Å². The van der Waals surface area contributed by atoms with Crippen LogP contribution >= 0.6 is 0 Å². The summed E-state index contributed by atoms with van der Waals surface area (Å²) in [6.45, 7) is 19.8. The van der Waals surface area contributed by atoms with E-state index in [9.17, 15) is 0 Å². The molecule has 0 aromatic rings. The summed E-state index contributed by atoms with van der Waals surface area (Å²) in [5.41, 5.74) is 5.42. The zero-order valence-electron chi connectivity index (χ0n) is 19.1. The van der Waals surface area contributed by atoms with Crippen molar-refractivity contribution < 1.29 is 0 Å². The molecule has 0 radical (unpaired) electrons. The first-order valence-electron chi connectivity index (χ1n) is 11.6. The van der Waals surface area contributed by atoms with Gasteiger partial charge in [0.25, 0.3) is 0 Å². The Kier molecular flexibility index (Phi) is 11.7. The van der Waals surface area contributed by atoms with E-state index >= 15 is 0 Å². The standard InChI is InChI=1S/C27H46/c1-8-11-12-13-14-25-15-17-26(18-16-25)27(23(7)21(4)5)20-24(10-3)19-22(6)9-2/h10,19,25-27H,4,7-9,11-18,20H2,1-3,5-6H3/b22-19-,24-10+/t25?,26?,27-/m1/s1. The second-order valence-electron chi connectivity index (χ2n) is 8.95. The van der Waals surface area contributed by atoms with Crippen molar-refractivity contribution in [3.8, 4) is 0 Å². The van der Waals surface area contributed by atoms with Gasteiger partial charge in [0.2, 0.25) is 0 Å². The van der Waals surface area contributed by atoms with E-state index in [0.717, 1.165) is 24.7 Å². The maximum Gasteiger partial charge on any atom is -0.00967 e. The van der Waals surface area contributed by atoms with E-state index in [4.69, 9.17) is 0 Å². The Bertz CT molecular complexity index is 508. The molecule has 0 aromatic heterocycles. The minimum Gasteiger partial charge on any atom is -0.0958 e. The first kappa shape index (κ1) is 24.0. The smallest absolute Gasteiger partial charge is 0.00967 e. The summed E-state index contributed by atoms with van der Waals surface area (Å²) in [6, 6.07) is 0. The highest BCUT2D eigenvalue weighted by molar-refractivity contribution is 5.31. The lowest BCUT2D eigenvalue weighted by Crippen LogP contribution is -2.24. The normalized spacial score (nSPS) is 22.6. The Hall–Kier alpha value is -1.04. The molecule has 0 amide bonds. The summed E-state index contributed by atoms with van der Waals surface area (Å²) in [6.07, 6.45) is 19.6. The topological polar surface area (TPSA) is 0 Å². The van der Waals surface area contributed by atoms with Crippen molar-refractivity contribution in [1.29, 1.82) is 0 Å². The third-order valence-electron chi connectivity index (χ3n) is 6.74.